The van der Waals surface area contributed by atoms with Crippen LogP contribution in [0, 0.1) is 12.8 Å². The molecule has 0 aliphatic heterocycles. The van der Waals surface area contributed by atoms with Crippen LogP contribution in [0.4, 0.5) is 0 Å². The maximum absolute atomic E-state index is 4.80. The molecule has 1 N–H and O–H groups in total. The average molecular weight is 252 g/mol. The molecule has 96 valence electrons. The minimum atomic E-state index is 0.734. The van der Waals surface area contributed by atoms with Crippen LogP contribution in [0.1, 0.15) is 61.0 Å². The van der Waals surface area contributed by atoms with Gasteiger partial charge in [-0.2, -0.15) is 0 Å². The van der Waals surface area contributed by atoms with Crippen molar-refractivity contribution in [3.63, 3.8) is 0 Å². The van der Waals surface area contributed by atoms with E-state index in [4.69, 9.17) is 4.98 Å². The van der Waals surface area contributed by atoms with Crippen LogP contribution in [0.5, 0.6) is 0 Å². The Morgan fingerprint density at radius 1 is 1.41 bits per heavy atom. The Hall–Kier alpha value is -0.410. The summed E-state index contributed by atoms with van der Waals surface area (Å²) in [5, 5.41) is 4.79. The summed E-state index contributed by atoms with van der Waals surface area (Å²) >= 11 is 1.93. The molecule has 1 saturated carbocycles. The number of aromatic nitrogens is 1. The highest BCUT2D eigenvalue weighted by Crippen LogP contribution is 2.38. The van der Waals surface area contributed by atoms with Crippen LogP contribution in [-0.4, -0.2) is 11.5 Å². The van der Waals surface area contributed by atoms with Crippen LogP contribution in [0.15, 0.2) is 0 Å². The molecule has 1 aromatic rings. The van der Waals surface area contributed by atoms with Gasteiger partial charge in [0.15, 0.2) is 0 Å². The Kier molecular flexibility index (Phi) is 4.57. The molecular formula is C14H24N2S. The van der Waals surface area contributed by atoms with Crippen molar-refractivity contribution >= 4 is 11.3 Å². The maximum atomic E-state index is 4.80. The molecule has 0 aromatic carbocycles. The Morgan fingerprint density at radius 2 is 2.24 bits per heavy atom. The van der Waals surface area contributed by atoms with E-state index >= 15 is 0 Å². The van der Waals surface area contributed by atoms with Crippen LogP contribution in [0.2, 0.25) is 0 Å². The molecule has 1 aliphatic carbocycles. The van der Waals surface area contributed by atoms with E-state index in [0.29, 0.717) is 0 Å². The summed E-state index contributed by atoms with van der Waals surface area (Å²) in [5.74, 6) is 1.62. The fraction of sp³-hybridized carbons (Fsp3) is 0.786. The van der Waals surface area contributed by atoms with Gasteiger partial charge in [0.2, 0.25) is 0 Å². The van der Waals surface area contributed by atoms with Gasteiger partial charge in [0, 0.05) is 17.3 Å². The highest BCUT2D eigenvalue weighted by molar-refractivity contribution is 7.11. The number of nitrogens with zero attached hydrogens (tertiary/aromatic N) is 1. The monoisotopic (exact) mass is 252 g/mol. The first-order chi connectivity index (χ1) is 8.20. The molecule has 1 aliphatic rings. The fourth-order valence-electron chi connectivity index (χ4n) is 2.69. The lowest BCUT2D eigenvalue weighted by Gasteiger charge is -2.24. The van der Waals surface area contributed by atoms with Crippen molar-refractivity contribution < 1.29 is 0 Å². The van der Waals surface area contributed by atoms with Crippen molar-refractivity contribution in [1.82, 2.24) is 10.3 Å². The van der Waals surface area contributed by atoms with E-state index in [1.165, 1.54) is 41.3 Å². The second-order valence-corrected chi connectivity index (χ2v) is 6.42. The van der Waals surface area contributed by atoms with E-state index in [0.717, 1.165) is 24.9 Å². The minimum absolute atomic E-state index is 0.734. The molecule has 2 atom stereocenters. The summed E-state index contributed by atoms with van der Waals surface area (Å²) in [7, 11) is 0. The summed E-state index contributed by atoms with van der Waals surface area (Å²) in [5.41, 5.74) is 1.24. The van der Waals surface area contributed by atoms with Crippen molar-refractivity contribution in [2.75, 3.05) is 6.54 Å². The fourth-order valence-corrected chi connectivity index (χ4v) is 3.87. The van der Waals surface area contributed by atoms with E-state index in [1.54, 1.807) is 0 Å². The Labute approximate surface area is 109 Å². The van der Waals surface area contributed by atoms with Crippen molar-refractivity contribution in [2.24, 2.45) is 5.92 Å². The molecular weight excluding hydrogens is 228 g/mol. The summed E-state index contributed by atoms with van der Waals surface area (Å²) in [6.07, 6.45) is 5.48. The standard InChI is InChI=1S/C14H24N2S/c1-4-15-9-13-11(3)16-14(17-13)12-7-5-6-10(2)8-12/h10,12,15H,4-9H2,1-3H3. The second kappa shape index (κ2) is 5.96. The largest absolute Gasteiger partial charge is 0.312 e. The van der Waals surface area contributed by atoms with Gasteiger partial charge in [0.25, 0.3) is 0 Å². The number of hydrogen-bond donors (Lipinski definition) is 1. The summed E-state index contributed by atoms with van der Waals surface area (Å²) in [6.45, 7) is 8.71. The molecule has 0 saturated heterocycles. The average Bonchev–Trinajstić information content (AvgIpc) is 2.68. The Morgan fingerprint density at radius 3 is 2.94 bits per heavy atom. The molecule has 1 heterocycles. The first-order valence-electron chi connectivity index (χ1n) is 6.87. The molecule has 1 aromatic heterocycles. The minimum Gasteiger partial charge on any atom is -0.312 e. The SMILES string of the molecule is CCNCc1sc(C2CCCC(C)C2)nc1C. The molecule has 2 rings (SSSR count). The van der Waals surface area contributed by atoms with Gasteiger partial charge < -0.3 is 5.32 Å². The zero-order chi connectivity index (χ0) is 12.3. The van der Waals surface area contributed by atoms with Gasteiger partial charge in [0.05, 0.1) is 10.7 Å². The van der Waals surface area contributed by atoms with E-state index in [1.807, 2.05) is 11.3 Å². The Bertz CT molecular complexity index is 359. The third-order valence-corrected chi connectivity index (χ3v) is 5.05. The van der Waals surface area contributed by atoms with Crippen LogP contribution in [-0.2, 0) is 6.54 Å². The quantitative estimate of drug-likeness (QED) is 0.880. The maximum Gasteiger partial charge on any atom is 0.0962 e. The number of nitrogens with one attached hydrogen (secondary N) is 1. The lowest BCUT2D eigenvalue weighted by atomic mass is 9.83. The highest BCUT2D eigenvalue weighted by atomic mass is 32.1. The number of aryl methyl sites for hydroxylation is 1. The molecule has 0 bridgehead atoms. The smallest absolute Gasteiger partial charge is 0.0962 e. The number of thiazole rings is 1. The van der Waals surface area contributed by atoms with Gasteiger partial charge in [0.1, 0.15) is 0 Å². The van der Waals surface area contributed by atoms with Crippen LogP contribution in [0.3, 0.4) is 0 Å². The van der Waals surface area contributed by atoms with Crippen LogP contribution in [0.25, 0.3) is 0 Å². The van der Waals surface area contributed by atoms with Crippen molar-refractivity contribution in [3.05, 3.63) is 15.6 Å². The molecule has 2 unspecified atom stereocenters. The van der Waals surface area contributed by atoms with Crippen LogP contribution < -0.4 is 5.32 Å². The molecule has 0 spiro atoms. The summed E-state index contributed by atoms with van der Waals surface area (Å²) < 4.78 is 0. The van der Waals surface area contributed by atoms with E-state index in [9.17, 15) is 0 Å². The number of rotatable bonds is 4. The molecule has 17 heavy (non-hydrogen) atoms. The lowest BCUT2D eigenvalue weighted by molar-refractivity contribution is 0.343. The van der Waals surface area contributed by atoms with Crippen molar-refractivity contribution in [3.8, 4) is 0 Å². The summed E-state index contributed by atoms with van der Waals surface area (Å²) in [6, 6.07) is 0. The van der Waals surface area contributed by atoms with E-state index in [-0.39, 0.29) is 0 Å². The van der Waals surface area contributed by atoms with Crippen LogP contribution >= 0.6 is 11.3 Å². The molecule has 0 amide bonds. The summed E-state index contributed by atoms with van der Waals surface area (Å²) in [4.78, 5) is 6.23. The number of hydrogen-bond acceptors (Lipinski definition) is 3. The van der Waals surface area contributed by atoms with Gasteiger partial charge >= 0.3 is 0 Å². The third kappa shape index (κ3) is 3.29. The molecule has 3 heteroatoms. The van der Waals surface area contributed by atoms with Gasteiger partial charge in [-0.1, -0.05) is 26.7 Å². The van der Waals surface area contributed by atoms with Crippen molar-refractivity contribution in [2.45, 2.75) is 58.9 Å². The normalized spacial score (nSPS) is 25.1. The second-order valence-electron chi connectivity index (χ2n) is 5.31. The van der Waals surface area contributed by atoms with Gasteiger partial charge in [-0.25, -0.2) is 4.98 Å². The highest BCUT2D eigenvalue weighted by Gasteiger charge is 2.23. The predicted octanol–water partition coefficient (Wildman–Crippen LogP) is 3.85. The molecule has 1 fully saturated rings. The van der Waals surface area contributed by atoms with Gasteiger partial charge in [-0.3, -0.25) is 0 Å². The zero-order valence-electron chi connectivity index (χ0n) is 11.3. The zero-order valence-corrected chi connectivity index (χ0v) is 12.1. The predicted molar refractivity (Wildman–Crippen MR) is 74.6 cm³/mol. The topological polar surface area (TPSA) is 24.9 Å². The molecule has 0 radical (unpaired) electrons. The third-order valence-electron chi connectivity index (χ3n) is 3.73. The first-order valence-corrected chi connectivity index (χ1v) is 7.69. The van der Waals surface area contributed by atoms with Crippen molar-refractivity contribution in [1.29, 1.82) is 0 Å². The van der Waals surface area contributed by atoms with Gasteiger partial charge in [-0.05, 0) is 32.2 Å². The van der Waals surface area contributed by atoms with E-state index in [2.05, 4.69) is 26.1 Å². The van der Waals surface area contributed by atoms with E-state index < -0.39 is 0 Å². The first kappa shape index (κ1) is 13.0. The lowest BCUT2D eigenvalue weighted by Crippen LogP contribution is -2.11. The molecule has 2 nitrogen and oxygen atoms in total. The Balaban J connectivity index is 2.05. The van der Waals surface area contributed by atoms with Gasteiger partial charge in [-0.15, -0.1) is 11.3 Å².